The fourth-order valence-electron chi connectivity index (χ4n) is 1.55. The fourth-order valence-corrected chi connectivity index (χ4v) is 4.33. The summed E-state index contributed by atoms with van der Waals surface area (Å²) < 4.78 is 27.3. The zero-order valence-electron chi connectivity index (χ0n) is 11.4. The van der Waals surface area contributed by atoms with Crippen molar-refractivity contribution < 1.29 is 18.3 Å². The third-order valence-corrected chi connectivity index (χ3v) is 6.30. The Kier molecular flexibility index (Phi) is 6.92. The molecule has 0 saturated heterocycles. The van der Waals surface area contributed by atoms with Crippen LogP contribution in [-0.4, -0.2) is 37.5 Å². The average Bonchev–Trinajstić information content (AvgIpc) is 2.40. The molecule has 0 bridgehead atoms. The van der Waals surface area contributed by atoms with Gasteiger partial charge in [0.05, 0.1) is 10.5 Å². The van der Waals surface area contributed by atoms with E-state index in [1.165, 1.54) is 6.07 Å². The fraction of sp³-hybridized carbons (Fsp3) is 0.308. The van der Waals surface area contributed by atoms with Gasteiger partial charge in [-0.3, -0.25) is 0 Å². The maximum absolute atomic E-state index is 12.2. The maximum Gasteiger partial charge on any atom is 0.335 e. The minimum absolute atomic E-state index is 0.0582. The summed E-state index contributed by atoms with van der Waals surface area (Å²) in [5.41, 5.74) is 0.494. The van der Waals surface area contributed by atoms with Crippen LogP contribution >= 0.6 is 27.7 Å². The van der Waals surface area contributed by atoms with Crippen LogP contribution in [0.2, 0.25) is 0 Å². The first-order valence-corrected chi connectivity index (χ1v) is 9.44. The SMILES string of the molecule is C=CCSCCNS(=O)(=O)c1cc(C(=O)O)cc(C)c1Br. The highest BCUT2D eigenvalue weighted by Gasteiger charge is 2.21. The molecule has 0 heterocycles. The largest absolute Gasteiger partial charge is 0.478 e. The van der Waals surface area contributed by atoms with E-state index >= 15 is 0 Å². The molecule has 0 aliphatic rings. The number of nitrogens with one attached hydrogen (secondary N) is 1. The lowest BCUT2D eigenvalue weighted by molar-refractivity contribution is 0.0696. The number of hydrogen-bond acceptors (Lipinski definition) is 4. The number of carboxylic acids is 1. The average molecular weight is 394 g/mol. The molecule has 116 valence electrons. The zero-order chi connectivity index (χ0) is 16.0. The van der Waals surface area contributed by atoms with Gasteiger partial charge in [0, 0.05) is 22.5 Å². The van der Waals surface area contributed by atoms with Gasteiger partial charge in [-0.15, -0.1) is 6.58 Å². The van der Waals surface area contributed by atoms with Gasteiger partial charge in [0.25, 0.3) is 0 Å². The van der Waals surface area contributed by atoms with Crippen LogP contribution in [0.3, 0.4) is 0 Å². The summed E-state index contributed by atoms with van der Waals surface area (Å²) >= 11 is 4.76. The molecule has 0 fully saturated rings. The Bertz CT molecular complexity index is 644. The number of sulfonamides is 1. The van der Waals surface area contributed by atoms with Gasteiger partial charge in [0.2, 0.25) is 10.0 Å². The van der Waals surface area contributed by atoms with E-state index in [1.807, 2.05) is 0 Å². The van der Waals surface area contributed by atoms with Gasteiger partial charge in [-0.1, -0.05) is 6.08 Å². The topological polar surface area (TPSA) is 83.5 Å². The number of benzene rings is 1. The van der Waals surface area contributed by atoms with E-state index in [0.29, 0.717) is 15.8 Å². The van der Waals surface area contributed by atoms with Gasteiger partial charge in [-0.25, -0.2) is 17.9 Å². The van der Waals surface area contributed by atoms with Crippen LogP contribution in [0.5, 0.6) is 0 Å². The highest BCUT2D eigenvalue weighted by molar-refractivity contribution is 9.10. The number of hydrogen-bond donors (Lipinski definition) is 2. The minimum atomic E-state index is -3.76. The number of halogens is 1. The second-order valence-corrected chi connectivity index (χ2v) is 7.85. The zero-order valence-corrected chi connectivity index (χ0v) is 14.6. The van der Waals surface area contributed by atoms with Gasteiger partial charge >= 0.3 is 5.97 Å². The van der Waals surface area contributed by atoms with E-state index in [9.17, 15) is 13.2 Å². The lowest BCUT2D eigenvalue weighted by atomic mass is 10.1. The van der Waals surface area contributed by atoms with Gasteiger partial charge < -0.3 is 5.11 Å². The number of carbonyl (C=O) groups is 1. The predicted octanol–water partition coefficient (Wildman–Crippen LogP) is 2.65. The first-order valence-electron chi connectivity index (χ1n) is 6.01. The monoisotopic (exact) mass is 393 g/mol. The lowest BCUT2D eigenvalue weighted by Gasteiger charge is -2.11. The van der Waals surface area contributed by atoms with Crippen molar-refractivity contribution in [3.63, 3.8) is 0 Å². The summed E-state index contributed by atoms with van der Waals surface area (Å²) in [5, 5.41) is 9.02. The minimum Gasteiger partial charge on any atom is -0.478 e. The Morgan fingerprint density at radius 1 is 1.52 bits per heavy atom. The molecule has 0 aliphatic heterocycles. The molecule has 0 radical (unpaired) electrons. The molecule has 0 aliphatic carbocycles. The molecule has 21 heavy (non-hydrogen) atoms. The van der Waals surface area contributed by atoms with Crippen molar-refractivity contribution in [2.45, 2.75) is 11.8 Å². The first kappa shape index (κ1) is 18.2. The molecule has 2 N–H and O–H groups in total. The van der Waals surface area contributed by atoms with Crippen molar-refractivity contribution in [2.75, 3.05) is 18.1 Å². The molecule has 0 atom stereocenters. The second kappa shape index (κ2) is 7.98. The number of thioether (sulfide) groups is 1. The molecule has 0 aromatic heterocycles. The van der Waals surface area contributed by atoms with Gasteiger partial charge in [0.15, 0.2) is 0 Å². The van der Waals surface area contributed by atoms with Crippen LogP contribution in [-0.2, 0) is 10.0 Å². The number of carboxylic acid groups (broad SMARTS) is 1. The van der Waals surface area contributed by atoms with Crippen molar-refractivity contribution in [1.82, 2.24) is 4.72 Å². The van der Waals surface area contributed by atoms with Crippen molar-refractivity contribution in [1.29, 1.82) is 0 Å². The molecule has 0 unspecified atom stereocenters. The van der Waals surface area contributed by atoms with E-state index in [0.717, 1.165) is 11.8 Å². The quantitative estimate of drug-likeness (QED) is 0.523. The Morgan fingerprint density at radius 3 is 2.76 bits per heavy atom. The molecule has 1 aromatic carbocycles. The number of aromatic carboxylic acids is 1. The summed E-state index contributed by atoms with van der Waals surface area (Å²) in [6.45, 7) is 5.50. The highest BCUT2D eigenvalue weighted by atomic mass is 79.9. The van der Waals surface area contributed by atoms with Crippen LogP contribution in [0.1, 0.15) is 15.9 Å². The molecule has 0 spiro atoms. The van der Waals surface area contributed by atoms with E-state index in [2.05, 4.69) is 27.2 Å². The normalized spacial score (nSPS) is 11.3. The number of aryl methyl sites for hydroxylation is 1. The summed E-state index contributed by atoms with van der Waals surface area (Å²) in [5.74, 6) is 0.197. The van der Waals surface area contributed by atoms with Crippen LogP contribution in [0.15, 0.2) is 34.2 Å². The van der Waals surface area contributed by atoms with Crippen molar-refractivity contribution in [3.05, 3.63) is 40.4 Å². The van der Waals surface area contributed by atoms with Crippen molar-refractivity contribution >= 4 is 43.7 Å². The van der Waals surface area contributed by atoms with Crippen LogP contribution in [0.25, 0.3) is 0 Å². The molecular formula is C13H16BrNO4S2. The summed E-state index contributed by atoms with van der Waals surface area (Å²) in [6, 6.07) is 2.57. The Balaban J connectivity index is 2.97. The third-order valence-electron chi connectivity index (χ3n) is 2.53. The van der Waals surface area contributed by atoms with Gasteiger partial charge in [0.1, 0.15) is 0 Å². The third kappa shape index (κ3) is 5.14. The maximum atomic E-state index is 12.2. The smallest absolute Gasteiger partial charge is 0.335 e. The van der Waals surface area contributed by atoms with E-state index in [4.69, 9.17) is 5.11 Å². The van der Waals surface area contributed by atoms with Gasteiger partial charge in [-0.05, 0) is 40.5 Å². The summed E-state index contributed by atoms with van der Waals surface area (Å²) in [7, 11) is -3.76. The molecule has 0 amide bonds. The highest BCUT2D eigenvalue weighted by Crippen LogP contribution is 2.27. The first-order chi connectivity index (χ1) is 9.79. The molecule has 8 heteroatoms. The van der Waals surface area contributed by atoms with Crippen LogP contribution in [0.4, 0.5) is 0 Å². The summed E-state index contributed by atoms with van der Waals surface area (Å²) in [6.07, 6.45) is 1.75. The Morgan fingerprint density at radius 2 is 2.19 bits per heavy atom. The predicted molar refractivity (Wildman–Crippen MR) is 88.5 cm³/mol. The van der Waals surface area contributed by atoms with Crippen LogP contribution < -0.4 is 4.72 Å². The molecule has 1 aromatic rings. The van der Waals surface area contributed by atoms with Crippen LogP contribution in [0, 0.1) is 6.92 Å². The van der Waals surface area contributed by atoms with E-state index in [1.54, 1.807) is 24.8 Å². The lowest BCUT2D eigenvalue weighted by Crippen LogP contribution is -2.27. The molecule has 1 rings (SSSR count). The molecule has 0 saturated carbocycles. The Labute approximate surface area is 137 Å². The standard InChI is InChI=1S/C13H16BrNO4S2/c1-3-5-20-6-4-15-21(18,19)11-8-10(13(16)17)7-9(2)12(11)14/h3,7-8,15H,1,4-6H2,2H3,(H,16,17). The Hall–Kier alpha value is -0.830. The molecular weight excluding hydrogens is 378 g/mol. The van der Waals surface area contributed by atoms with E-state index in [-0.39, 0.29) is 17.0 Å². The molecule has 5 nitrogen and oxygen atoms in total. The van der Waals surface area contributed by atoms with Gasteiger partial charge in [-0.2, -0.15) is 11.8 Å². The second-order valence-electron chi connectivity index (χ2n) is 4.17. The van der Waals surface area contributed by atoms with Crippen molar-refractivity contribution in [3.8, 4) is 0 Å². The summed E-state index contributed by atoms with van der Waals surface area (Å²) in [4.78, 5) is 11.0. The number of rotatable bonds is 8. The van der Waals surface area contributed by atoms with Crippen molar-refractivity contribution in [2.24, 2.45) is 0 Å². The van der Waals surface area contributed by atoms with E-state index < -0.39 is 16.0 Å².